The maximum Gasteiger partial charge on any atom is 0.186 e. The van der Waals surface area contributed by atoms with Crippen LogP contribution in [0.25, 0.3) is 0 Å². The molecule has 0 heterocycles. The molecule has 0 saturated heterocycles. The Balaban J connectivity index is 5.07. The fourth-order valence-electron chi connectivity index (χ4n) is 3.09. The van der Waals surface area contributed by atoms with Gasteiger partial charge in [-0.05, 0) is 74.0 Å². The molecule has 0 amide bonds. The molecule has 0 radical (unpaired) electrons. The van der Waals surface area contributed by atoms with Crippen LogP contribution in [0.3, 0.4) is 0 Å². The molecule has 2 atom stereocenters. The average molecular weight is 485 g/mol. The summed E-state index contributed by atoms with van der Waals surface area (Å²) >= 11 is 0. The molecular formula is C27H48O7. The van der Waals surface area contributed by atoms with Crippen molar-refractivity contribution in [2.45, 2.75) is 91.6 Å². The first kappa shape index (κ1) is 32.6. The third-order valence-electron chi connectivity index (χ3n) is 5.73. The summed E-state index contributed by atoms with van der Waals surface area (Å²) in [5, 5.41) is 0. The number of rotatable bonds is 20. The summed E-state index contributed by atoms with van der Waals surface area (Å²) in [5.74, 6) is -0.348. The van der Waals surface area contributed by atoms with Gasteiger partial charge in [0.1, 0.15) is 11.2 Å². The molecule has 0 aromatic heterocycles. The van der Waals surface area contributed by atoms with Crippen LogP contribution >= 0.6 is 0 Å². The van der Waals surface area contributed by atoms with E-state index < -0.39 is 16.8 Å². The minimum absolute atomic E-state index is 0.172. The van der Waals surface area contributed by atoms with E-state index in [1.165, 1.54) is 12.2 Å². The number of hydrogen-bond donors (Lipinski definition) is 0. The van der Waals surface area contributed by atoms with Crippen LogP contribution in [0.2, 0.25) is 0 Å². The Labute approximate surface area is 207 Å². The van der Waals surface area contributed by atoms with Crippen molar-refractivity contribution in [1.82, 2.24) is 0 Å². The lowest BCUT2D eigenvalue weighted by Gasteiger charge is -2.37. The molecule has 0 spiro atoms. The van der Waals surface area contributed by atoms with Gasteiger partial charge in [-0.3, -0.25) is 9.59 Å². The maximum atomic E-state index is 12.0. The molecule has 0 saturated carbocycles. The fraction of sp³-hybridized carbons (Fsp3) is 0.778. The van der Waals surface area contributed by atoms with Gasteiger partial charge < -0.3 is 23.7 Å². The summed E-state index contributed by atoms with van der Waals surface area (Å²) < 4.78 is 29.8. The molecule has 0 aliphatic rings. The standard InChI is InChI=1S/C27H48O7/c1-12-22(28)25(8,9)33-17-24(6,7)32-20-27(14-3,18-30-15-4)19-31-16-21(5)34-26(10,11)23(29)13-2/h12-13,21H,1-2,14-20H2,3-11H3. The van der Waals surface area contributed by atoms with Crippen molar-refractivity contribution in [3.8, 4) is 0 Å². The van der Waals surface area contributed by atoms with Gasteiger partial charge in [0.15, 0.2) is 11.6 Å². The van der Waals surface area contributed by atoms with E-state index in [1.807, 2.05) is 27.7 Å². The van der Waals surface area contributed by atoms with Gasteiger partial charge >= 0.3 is 0 Å². The van der Waals surface area contributed by atoms with Crippen LogP contribution in [0.1, 0.15) is 68.7 Å². The lowest BCUT2D eigenvalue weighted by atomic mass is 9.87. The molecule has 0 fully saturated rings. The van der Waals surface area contributed by atoms with Gasteiger partial charge in [-0.1, -0.05) is 20.1 Å². The van der Waals surface area contributed by atoms with Crippen molar-refractivity contribution in [2.75, 3.05) is 39.6 Å². The van der Waals surface area contributed by atoms with Crippen LogP contribution in [0.4, 0.5) is 0 Å². The zero-order valence-electron chi connectivity index (χ0n) is 23.0. The van der Waals surface area contributed by atoms with Crippen molar-refractivity contribution >= 4 is 11.6 Å². The Hall–Kier alpha value is -1.38. The van der Waals surface area contributed by atoms with Gasteiger partial charge in [-0.25, -0.2) is 0 Å². The first-order valence-corrected chi connectivity index (χ1v) is 12.0. The quantitative estimate of drug-likeness (QED) is 0.231. The zero-order chi connectivity index (χ0) is 26.6. The summed E-state index contributed by atoms with van der Waals surface area (Å²) in [5.41, 5.74) is -2.91. The van der Waals surface area contributed by atoms with E-state index in [2.05, 4.69) is 20.1 Å². The summed E-state index contributed by atoms with van der Waals surface area (Å²) in [4.78, 5) is 24.0. The second-order valence-electron chi connectivity index (χ2n) is 10.4. The van der Waals surface area contributed by atoms with E-state index >= 15 is 0 Å². The van der Waals surface area contributed by atoms with Crippen molar-refractivity contribution in [3.63, 3.8) is 0 Å². The Bertz CT molecular complexity index is 666. The van der Waals surface area contributed by atoms with Crippen LogP contribution in [0.5, 0.6) is 0 Å². The van der Waals surface area contributed by atoms with E-state index in [9.17, 15) is 9.59 Å². The van der Waals surface area contributed by atoms with Crippen molar-refractivity contribution in [2.24, 2.45) is 5.41 Å². The van der Waals surface area contributed by atoms with Gasteiger partial charge in [0.05, 0.1) is 44.7 Å². The summed E-state index contributed by atoms with van der Waals surface area (Å²) in [7, 11) is 0. The molecule has 198 valence electrons. The van der Waals surface area contributed by atoms with E-state index in [1.54, 1.807) is 27.7 Å². The summed E-state index contributed by atoms with van der Waals surface area (Å²) in [6.07, 6.45) is 3.04. The van der Waals surface area contributed by atoms with Crippen LogP contribution < -0.4 is 0 Å². The lowest BCUT2D eigenvalue weighted by molar-refractivity contribution is -0.166. The fourth-order valence-corrected chi connectivity index (χ4v) is 3.09. The SMILES string of the molecule is C=CC(=O)C(C)(C)OCC(C)(C)OCC(CC)(COCC)COCC(C)OC(C)(C)C(=O)C=C. The first-order chi connectivity index (χ1) is 15.6. The van der Waals surface area contributed by atoms with E-state index in [4.69, 9.17) is 23.7 Å². The average Bonchev–Trinajstić information content (AvgIpc) is 2.77. The molecule has 0 aliphatic carbocycles. The van der Waals surface area contributed by atoms with Gasteiger partial charge in [-0.15, -0.1) is 0 Å². The third-order valence-corrected chi connectivity index (χ3v) is 5.73. The molecule has 0 rings (SSSR count). The lowest BCUT2D eigenvalue weighted by Crippen LogP contribution is -2.45. The molecule has 0 aromatic carbocycles. The highest BCUT2D eigenvalue weighted by molar-refractivity contribution is 5.96. The number of ketones is 2. The summed E-state index contributed by atoms with van der Waals surface area (Å²) in [6, 6.07) is 0. The second kappa shape index (κ2) is 14.2. The van der Waals surface area contributed by atoms with Crippen LogP contribution in [-0.4, -0.2) is 74.1 Å². The number of carbonyl (C=O) groups excluding carboxylic acids is 2. The molecule has 0 bridgehead atoms. The third kappa shape index (κ3) is 11.4. The molecule has 0 N–H and O–H groups in total. The number of carbonyl (C=O) groups is 2. The second-order valence-corrected chi connectivity index (χ2v) is 10.4. The largest absolute Gasteiger partial charge is 0.381 e. The van der Waals surface area contributed by atoms with Gasteiger partial charge in [0.2, 0.25) is 0 Å². The highest BCUT2D eigenvalue weighted by Crippen LogP contribution is 2.28. The zero-order valence-corrected chi connectivity index (χ0v) is 23.0. The van der Waals surface area contributed by atoms with Gasteiger partial charge in [0.25, 0.3) is 0 Å². The van der Waals surface area contributed by atoms with E-state index in [-0.39, 0.29) is 29.7 Å². The van der Waals surface area contributed by atoms with Crippen LogP contribution in [0.15, 0.2) is 25.3 Å². The molecule has 7 nitrogen and oxygen atoms in total. The molecular weight excluding hydrogens is 436 g/mol. The predicted molar refractivity (Wildman–Crippen MR) is 135 cm³/mol. The van der Waals surface area contributed by atoms with Gasteiger partial charge in [0, 0.05) is 12.0 Å². The molecule has 34 heavy (non-hydrogen) atoms. The van der Waals surface area contributed by atoms with Crippen molar-refractivity contribution in [1.29, 1.82) is 0 Å². The van der Waals surface area contributed by atoms with Gasteiger partial charge in [-0.2, -0.15) is 0 Å². The minimum atomic E-state index is -0.963. The molecule has 2 unspecified atom stereocenters. The summed E-state index contributed by atoms with van der Waals surface area (Å²) in [6.45, 7) is 26.1. The monoisotopic (exact) mass is 484 g/mol. The van der Waals surface area contributed by atoms with Crippen LogP contribution in [0, 0.1) is 5.41 Å². The molecule has 0 aromatic rings. The highest BCUT2D eigenvalue weighted by atomic mass is 16.6. The van der Waals surface area contributed by atoms with Crippen molar-refractivity contribution < 1.29 is 33.3 Å². The predicted octanol–water partition coefficient (Wildman–Crippen LogP) is 4.72. The Morgan fingerprint density at radius 2 is 1.32 bits per heavy atom. The molecule has 7 heteroatoms. The topological polar surface area (TPSA) is 80.3 Å². The number of hydrogen-bond acceptors (Lipinski definition) is 7. The Morgan fingerprint density at radius 1 is 0.794 bits per heavy atom. The normalized spacial score (nSPS) is 15.4. The highest BCUT2D eigenvalue weighted by Gasteiger charge is 2.35. The number of ether oxygens (including phenoxy) is 5. The Kier molecular flexibility index (Phi) is 13.7. The van der Waals surface area contributed by atoms with Crippen LogP contribution in [-0.2, 0) is 33.3 Å². The Morgan fingerprint density at radius 3 is 1.82 bits per heavy atom. The maximum absolute atomic E-state index is 12.0. The minimum Gasteiger partial charge on any atom is -0.381 e. The smallest absolute Gasteiger partial charge is 0.186 e. The first-order valence-electron chi connectivity index (χ1n) is 12.0. The van der Waals surface area contributed by atoms with E-state index in [0.717, 1.165) is 6.42 Å². The van der Waals surface area contributed by atoms with Crippen molar-refractivity contribution in [3.05, 3.63) is 25.3 Å². The molecule has 0 aliphatic heterocycles. The van der Waals surface area contributed by atoms with E-state index in [0.29, 0.717) is 33.0 Å².